The molecule has 37 heavy (non-hydrogen) atoms. The van der Waals surface area contributed by atoms with E-state index in [-0.39, 0.29) is 5.56 Å². The first kappa shape index (κ1) is 25.2. The maximum absolute atomic E-state index is 13.7. The highest BCUT2D eigenvalue weighted by atomic mass is 19.3. The zero-order chi connectivity index (χ0) is 26.2. The molecule has 0 aliphatic carbocycles. The highest BCUT2D eigenvalue weighted by Gasteiger charge is 2.29. The normalized spacial score (nSPS) is 17.5. The van der Waals surface area contributed by atoms with Crippen LogP contribution in [0.4, 0.5) is 26.2 Å². The van der Waals surface area contributed by atoms with Crippen molar-refractivity contribution in [1.82, 2.24) is 15.0 Å². The van der Waals surface area contributed by atoms with Crippen LogP contribution in [0.25, 0.3) is 11.3 Å². The van der Waals surface area contributed by atoms with Gasteiger partial charge in [0.1, 0.15) is 11.5 Å². The van der Waals surface area contributed by atoms with Crippen LogP contribution in [0.2, 0.25) is 0 Å². The van der Waals surface area contributed by atoms with Gasteiger partial charge in [-0.2, -0.15) is 13.8 Å². The van der Waals surface area contributed by atoms with Crippen molar-refractivity contribution in [2.75, 3.05) is 54.5 Å². The monoisotopic (exact) mass is 512 g/mol. The van der Waals surface area contributed by atoms with E-state index in [1.165, 1.54) is 18.3 Å². The number of ether oxygens (including phenoxy) is 1. The molecule has 1 aromatic carbocycles. The lowest BCUT2D eigenvalue weighted by molar-refractivity contribution is 0.0125. The summed E-state index contributed by atoms with van der Waals surface area (Å²) in [5.41, 5.74) is 2.99. The number of halogens is 2. The van der Waals surface area contributed by atoms with E-state index in [2.05, 4.69) is 15.2 Å². The third-order valence-corrected chi connectivity index (χ3v) is 6.55. The summed E-state index contributed by atoms with van der Waals surface area (Å²) >= 11 is 0. The number of hydrogen-bond donors (Lipinski definition) is 3. The topological polar surface area (TPSA) is 107 Å². The van der Waals surface area contributed by atoms with E-state index >= 15 is 0 Å². The molecule has 0 spiro atoms. The lowest BCUT2D eigenvalue weighted by Gasteiger charge is -2.37. The molecule has 0 bridgehead atoms. The molecule has 1 unspecified atom stereocenters. The predicted molar refractivity (Wildman–Crippen MR) is 136 cm³/mol. The number of hydrogen-bond acceptors (Lipinski definition) is 9. The Bertz CT molecular complexity index is 1260. The number of anilines is 3. The van der Waals surface area contributed by atoms with Gasteiger partial charge in [-0.15, -0.1) is 0 Å². The third kappa shape index (κ3) is 5.63. The van der Waals surface area contributed by atoms with E-state index in [1.54, 1.807) is 0 Å². The molecule has 9 nitrogen and oxygen atoms in total. The number of alkyl halides is 2. The zero-order valence-corrected chi connectivity index (χ0v) is 20.7. The summed E-state index contributed by atoms with van der Waals surface area (Å²) < 4.78 is 32.9. The fourth-order valence-electron chi connectivity index (χ4n) is 4.36. The molecule has 196 valence electrons. The molecule has 2 aromatic heterocycles. The largest absolute Gasteiger partial charge is 0.389 e. The van der Waals surface area contributed by atoms with Gasteiger partial charge in [-0.05, 0) is 36.8 Å². The SMILES string of the molecule is Cc1ccc(NC(O)c2ccnc(C(C)(F)F)c2)cc1-c1cc(N2CCOCC2)nc(N2CC(O)C2)n1. The van der Waals surface area contributed by atoms with Crippen LogP contribution in [0.15, 0.2) is 42.6 Å². The highest BCUT2D eigenvalue weighted by molar-refractivity contribution is 5.72. The van der Waals surface area contributed by atoms with Crippen molar-refractivity contribution in [3.05, 3.63) is 59.4 Å². The minimum absolute atomic E-state index is 0.281. The third-order valence-electron chi connectivity index (χ3n) is 6.55. The van der Waals surface area contributed by atoms with Crippen molar-refractivity contribution in [1.29, 1.82) is 0 Å². The van der Waals surface area contributed by atoms with Crippen LogP contribution in [0.5, 0.6) is 0 Å². The number of nitrogens with zero attached hydrogens (tertiary/aromatic N) is 5. The molecule has 5 rings (SSSR count). The van der Waals surface area contributed by atoms with Gasteiger partial charge in [0.2, 0.25) is 5.95 Å². The second kappa shape index (κ2) is 10.2. The average molecular weight is 513 g/mol. The van der Waals surface area contributed by atoms with Gasteiger partial charge in [-0.3, -0.25) is 4.98 Å². The van der Waals surface area contributed by atoms with Crippen LogP contribution in [0, 0.1) is 6.92 Å². The minimum Gasteiger partial charge on any atom is -0.389 e. The number of β-amino-alcohol motifs (C(OH)–C–C–N with tert-alkyl or cyclic N) is 1. The molecule has 0 amide bonds. The molecular weight excluding hydrogens is 482 g/mol. The smallest absolute Gasteiger partial charge is 0.286 e. The Labute approximate surface area is 213 Å². The van der Waals surface area contributed by atoms with Crippen LogP contribution in [0.1, 0.15) is 30.0 Å². The van der Waals surface area contributed by atoms with Crippen molar-refractivity contribution >= 4 is 17.5 Å². The Kier molecular flexibility index (Phi) is 6.93. The number of aromatic nitrogens is 3. The van der Waals surface area contributed by atoms with Gasteiger partial charge in [0.25, 0.3) is 5.92 Å². The first-order valence-electron chi connectivity index (χ1n) is 12.2. The molecular formula is C26H30F2N6O3. The summed E-state index contributed by atoms with van der Waals surface area (Å²) in [4.78, 5) is 17.4. The molecule has 2 saturated heterocycles. The van der Waals surface area contributed by atoms with Gasteiger partial charge in [-0.25, -0.2) is 4.98 Å². The lowest BCUT2D eigenvalue weighted by atomic mass is 10.0. The van der Waals surface area contributed by atoms with Crippen LogP contribution < -0.4 is 15.1 Å². The Morgan fingerprint density at radius 1 is 1.08 bits per heavy atom. The van der Waals surface area contributed by atoms with E-state index in [9.17, 15) is 19.0 Å². The van der Waals surface area contributed by atoms with Crippen molar-refractivity contribution in [2.45, 2.75) is 32.1 Å². The van der Waals surface area contributed by atoms with Crippen LogP contribution in [0.3, 0.4) is 0 Å². The van der Waals surface area contributed by atoms with Crippen LogP contribution in [-0.2, 0) is 10.7 Å². The van der Waals surface area contributed by atoms with Crippen molar-refractivity contribution in [3.63, 3.8) is 0 Å². The van der Waals surface area contributed by atoms with Crippen molar-refractivity contribution in [3.8, 4) is 11.3 Å². The number of rotatable bonds is 7. The molecule has 11 heteroatoms. The summed E-state index contributed by atoms with van der Waals surface area (Å²) in [6.07, 6.45) is -0.348. The molecule has 3 aromatic rings. The van der Waals surface area contributed by atoms with Crippen LogP contribution in [-0.4, -0.2) is 70.7 Å². The highest BCUT2D eigenvalue weighted by Crippen LogP contribution is 2.32. The van der Waals surface area contributed by atoms with Gasteiger partial charge in [0.05, 0.1) is 25.0 Å². The molecule has 2 aliphatic heterocycles. The Hall–Kier alpha value is -3.41. The van der Waals surface area contributed by atoms with Gasteiger partial charge in [0.15, 0.2) is 6.23 Å². The summed E-state index contributed by atoms with van der Waals surface area (Å²) in [6.45, 7) is 6.37. The Morgan fingerprint density at radius 2 is 1.84 bits per heavy atom. The maximum atomic E-state index is 13.7. The van der Waals surface area contributed by atoms with Crippen molar-refractivity contribution in [2.24, 2.45) is 0 Å². The summed E-state index contributed by atoms with van der Waals surface area (Å²) in [6, 6.07) is 10.2. The molecule has 2 aliphatic rings. The summed E-state index contributed by atoms with van der Waals surface area (Å²) in [5, 5.41) is 23.5. The van der Waals surface area contributed by atoms with Gasteiger partial charge >= 0.3 is 0 Å². The lowest BCUT2D eigenvalue weighted by Crippen LogP contribution is -2.51. The van der Waals surface area contributed by atoms with Gasteiger partial charge < -0.3 is 30.1 Å². The standard InChI is InChI=1S/C26H30F2N6O3/c1-16-3-4-18(30-24(36)17-5-6-29-22(11-17)26(2,27)28)12-20(16)21-13-23(33-7-9-37-10-8-33)32-25(31-21)34-14-19(35)15-34/h3-6,11-13,19,24,30,35-36H,7-10,14-15H2,1-2H3. The molecule has 4 heterocycles. The number of aliphatic hydroxyl groups is 2. The molecule has 2 fully saturated rings. The van der Waals surface area contributed by atoms with Crippen LogP contribution >= 0.6 is 0 Å². The van der Waals surface area contributed by atoms with E-state index in [1.807, 2.05) is 36.1 Å². The summed E-state index contributed by atoms with van der Waals surface area (Å²) in [5.74, 6) is -1.78. The Morgan fingerprint density at radius 3 is 2.54 bits per heavy atom. The van der Waals surface area contributed by atoms with Gasteiger partial charge in [-0.1, -0.05) is 6.07 Å². The Balaban J connectivity index is 1.45. The molecule has 1 atom stereocenters. The number of aryl methyl sites for hydroxylation is 1. The number of benzene rings is 1. The number of aliphatic hydroxyl groups excluding tert-OH is 2. The van der Waals surface area contributed by atoms with E-state index < -0.39 is 23.9 Å². The van der Waals surface area contributed by atoms with Crippen molar-refractivity contribution < 1.29 is 23.7 Å². The number of pyridine rings is 1. The quantitative estimate of drug-likeness (QED) is 0.412. The second-order valence-electron chi connectivity index (χ2n) is 9.51. The first-order valence-corrected chi connectivity index (χ1v) is 12.2. The number of morpholine rings is 1. The second-order valence-corrected chi connectivity index (χ2v) is 9.51. The van der Waals surface area contributed by atoms with E-state index in [0.717, 1.165) is 37.0 Å². The number of nitrogens with one attached hydrogen (secondary N) is 1. The molecule has 0 saturated carbocycles. The zero-order valence-electron chi connectivity index (χ0n) is 20.7. The van der Waals surface area contributed by atoms with E-state index in [0.29, 0.717) is 43.6 Å². The average Bonchev–Trinajstić information content (AvgIpc) is 2.87. The fourth-order valence-corrected chi connectivity index (χ4v) is 4.36. The predicted octanol–water partition coefficient (Wildman–Crippen LogP) is 3.08. The molecule has 0 radical (unpaired) electrons. The maximum Gasteiger partial charge on any atom is 0.286 e. The minimum atomic E-state index is -3.11. The van der Waals surface area contributed by atoms with Gasteiger partial charge in [0, 0.05) is 62.2 Å². The fraction of sp³-hybridized carbons (Fsp3) is 0.423. The molecule has 3 N–H and O–H groups in total. The first-order chi connectivity index (χ1) is 17.7. The summed E-state index contributed by atoms with van der Waals surface area (Å²) in [7, 11) is 0. The van der Waals surface area contributed by atoms with E-state index in [4.69, 9.17) is 14.7 Å².